The number of carbonyl (C=O) groups excluding carboxylic acids is 1. The number of nitrogens with one attached hydrogen (secondary N) is 1. The van der Waals surface area contributed by atoms with Gasteiger partial charge in [-0.05, 0) is 22.9 Å². The number of nitrogens with zero attached hydrogens (tertiary/aromatic N) is 2. The molecule has 0 aromatic carbocycles. The summed E-state index contributed by atoms with van der Waals surface area (Å²) in [6.45, 7) is 1.56. The van der Waals surface area contributed by atoms with Crippen molar-refractivity contribution in [3.63, 3.8) is 0 Å². The fourth-order valence-corrected chi connectivity index (χ4v) is 1.87. The van der Waals surface area contributed by atoms with Crippen molar-refractivity contribution < 1.29 is 18.0 Å². The zero-order chi connectivity index (χ0) is 13.9. The number of halogens is 4. The predicted molar refractivity (Wildman–Crippen MR) is 66.5 cm³/mol. The summed E-state index contributed by atoms with van der Waals surface area (Å²) in [5.74, 6) is 0.0530. The molecule has 1 rings (SSSR count). The molecule has 1 heterocycles. The number of hydrogen-bond donors (Lipinski definition) is 2. The first kappa shape index (κ1) is 15.4. The van der Waals surface area contributed by atoms with E-state index in [1.165, 1.54) is 6.92 Å². The summed E-state index contributed by atoms with van der Waals surface area (Å²) < 4.78 is 38.6. The molecule has 0 saturated heterocycles. The van der Waals surface area contributed by atoms with Crippen LogP contribution < -0.4 is 5.32 Å². The maximum atomic E-state index is 12.6. The third kappa shape index (κ3) is 3.64. The van der Waals surface area contributed by atoms with E-state index in [1.54, 1.807) is 0 Å². The Morgan fingerprint density at radius 3 is 2.61 bits per heavy atom. The largest absolute Gasteiger partial charge is 0.436 e. The number of rotatable bonds is 4. The van der Waals surface area contributed by atoms with Crippen molar-refractivity contribution in [3.05, 3.63) is 15.9 Å². The highest BCUT2D eigenvalue weighted by Gasteiger charge is 2.38. The molecule has 0 fully saturated rings. The quantitative estimate of drug-likeness (QED) is 0.820. The zero-order valence-electron chi connectivity index (χ0n) is 9.38. The van der Waals surface area contributed by atoms with E-state index in [0.29, 0.717) is 12.3 Å². The van der Waals surface area contributed by atoms with Crippen molar-refractivity contribution in [3.8, 4) is 0 Å². The predicted octanol–water partition coefficient (Wildman–Crippen LogP) is 2.02. The number of hydrogen-bond acceptors (Lipinski definition) is 3. The summed E-state index contributed by atoms with van der Waals surface area (Å²) in [7, 11) is 0. The lowest BCUT2D eigenvalue weighted by Crippen LogP contribution is -2.30. The molecule has 1 aromatic heterocycles. The van der Waals surface area contributed by atoms with Gasteiger partial charge >= 0.3 is 6.18 Å². The molecule has 9 heteroatoms. The van der Waals surface area contributed by atoms with Crippen molar-refractivity contribution in [1.29, 1.82) is 0 Å². The molecule has 0 aliphatic heterocycles. The Morgan fingerprint density at radius 2 is 2.17 bits per heavy atom. The summed E-state index contributed by atoms with van der Waals surface area (Å²) in [6, 6.07) is 0. The molecular weight excluding hydrogens is 335 g/mol. The van der Waals surface area contributed by atoms with Crippen LogP contribution in [0, 0.1) is 6.92 Å². The number of amides is 1. The van der Waals surface area contributed by atoms with E-state index < -0.39 is 17.8 Å². The molecule has 0 radical (unpaired) electrons. The first-order valence-electron chi connectivity index (χ1n) is 4.95. The third-order valence-corrected chi connectivity index (χ3v) is 3.30. The fraction of sp³-hybridized carbons (Fsp3) is 0.556. The minimum Gasteiger partial charge on any atom is -0.354 e. The van der Waals surface area contributed by atoms with Crippen LogP contribution in [0.25, 0.3) is 0 Å². The molecule has 4 nitrogen and oxygen atoms in total. The van der Waals surface area contributed by atoms with E-state index in [0.717, 1.165) is 4.68 Å². The van der Waals surface area contributed by atoms with Crippen LogP contribution in [0.15, 0.2) is 4.47 Å². The van der Waals surface area contributed by atoms with Crippen LogP contribution >= 0.6 is 28.6 Å². The van der Waals surface area contributed by atoms with Crippen molar-refractivity contribution in [2.24, 2.45) is 0 Å². The van der Waals surface area contributed by atoms with Gasteiger partial charge in [-0.1, -0.05) is 0 Å². The highest BCUT2D eigenvalue weighted by Crippen LogP contribution is 2.35. The molecule has 0 spiro atoms. The molecule has 102 valence electrons. The molecule has 1 amide bonds. The number of thiol groups is 1. The second-order valence-electron chi connectivity index (χ2n) is 3.48. The van der Waals surface area contributed by atoms with Crippen LogP contribution in [0.5, 0.6) is 0 Å². The molecule has 0 aliphatic rings. The standard InChI is InChI=1S/C9H11BrF3N3OS/c1-5-7(10)8(9(11,12)13)15-16(5)4-6(17)14-2-3-18/h18H,2-4H2,1H3,(H,14,17). The summed E-state index contributed by atoms with van der Waals surface area (Å²) in [4.78, 5) is 11.4. The minimum absolute atomic E-state index is 0.142. The topological polar surface area (TPSA) is 46.9 Å². The Hall–Kier alpha value is -0.700. The number of carbonyl (C=O) groups is 1. The minimum atomic E-state index is -4.55. The molecule has 0 bridgehead atoms. The first-order chi connectivity index (χ1) is 8.27. The van der Waals surface area contributed by atoms with Gasteiger partial charge in [0.1, 0.15) is 6.54 Å². The zero-order valence-corrected chi connectivity index (χ0v) is 11.9. The molecule has 0 unspecified atom stereocenters. The molecule has 18 heavy (non-hydrogen) atoms. The van der Waals surface area contributed by atoms with Gasteiger partial charge < -0.3 is 5.32 Å². The van der Waals surface area contributed by atoms with E-state index in [9.17, 15) is 18.0 Å². The lowest BCUT2D eigenvalue weighted by atomic mass is 10.3. The number of aromatic nitrogens is 2. The Morgan fingerprint density at radius 1 is 1.56 bits per heavy atom. The maximum Gasteiger partial charge on any atom is 0.436 e. The second-order valence-corrected chi connectivity index (χ2v) is 4.72. The van der Waals surface area contributed by atoms with E-state index in [4.69, 9.17) is 0 Å². The van der Waals surface area contributed by atoms with E-state index >= 15 is 0 Å². The normalized spacial score (nSPS) is 11.7. The van der Waals surface area contributed by atoms with Crippen molar-refractivity contribution >= 4 is 34.5 Å². The fourth-order valence-electron chi connectivity index (χ4n) is 1.25. The van der Waals surface area contributed by atoms with Crippen LogP contribution in [0.4, 0.5) is 13.2 Å². The third-order valence-electron chi connectivity index (χ3n) is 2.13. The van der Waals surface area contributed by atoms with Crippen molar-refractivity contribution in [2.75, 3.05) is 12.3 Å². The monoisotopic (exact) mass is 345 g/mol. The molecule has 0 saturated carbocycles. The van der Waals surface area contributed by atoms with Crippen LogP contribution in [0.2, 0.25) is 0 Å². The molecule has 0 aliphatic carbocycles. The first-order valence-corrected chi connectivity index (χ1v) is 6.37. The van der Waals surface area contributed by atoms with E-state index in [1.807, 2.05) is 0 Å². The van der Waals surface area contributed by atoms with Gasteiger partial charge in [-0.15, -0.1) is 0 Å². The van der Waals surface area contributed by atoms with Gasteiger partial charge in [0.25, 0.3) is 0 Å². The smallest absolute Gasteiger partial charge is 0.354 e. The van der Waals surface area contributed by atoms with Gasteiger partial charge in [0, 0.05) is 12.3 Å². The lowest BCUT2D eigenvalue weighted by Gasteiger charge is -2.05. The average molecular weight is 346 g/mol. The van der Waals surface area contributed by atoms with Gasteiger partial charge in [0.05, 0.1) is 10.2 Å². The summed E-state index contributed by atoms with van der Waals surface area (Å²) in [5, 5.41) is 5.90. The Kier molecular flexibility index (Phi) is 5.09. The summed E-state index contributed by atoms with van der Waals surface area (Å²) >= 11 is 6.74. The van der Waals surface area contributed by atoms with Crippen molar-refractivity contribution in [2.45, 2.75) is 19.6 Å². The highest BCUT2D eigenvalue weighted by atomic mass is 79.9. The Bertz CT molecular complexity index is 447. The molecule has 1 N–H and O–H groups in total. The van der Waals surface area contributed by atoms with E-state index in [-0.39, 0.29) is 16.7 Å². The average Bonchev–Trinajstić information content (AvgIpc) is 2.54. The van der Waals surface area contributed by atoms with Crippen LogP contribution in [-0.4, -0.2) is 28.0 Å². The summed E-state index contributed by atoms with van der Waals surface area (Å²) in [6.07, 6.45) is -4.55. The maximum absolute atomic E-state index is 12.6. The lowest BCUT2D eigenvalue weighted by molar-refractivity contribution is -0.142. The SMILES string of the molecule is Cc1c(Br)c(C(F)(F)F)nn1CC(=O)NCCS. The van der Waals surface area contributed by atoms with E-state index in [2.05, 4.69) is 39.0 Å². The van der Waals surface area contributed by atoms with Gasteiger partial charge in [0.15, 0.2) is 5.69 Å². The van der Waals surface area contributed by atoms with Gasteiger partial charge in [-0.25, -0.2) is 0 Å². The van der Waals surface area contributed by atoms with Crippen LogP contribution in [0.1, 0.15) is 11.4 Å². The van der Waals surface area contributed by atoms with Crippen LogP contribution in [-0.2, 0) is 17.5 Å². The van der Waals surface area contributed by atoms with Crippen LogP contribution in [0.3, 0.4) is 0 Å². The second kappa shape index (κ2) is 5.96. The molecule has 0 atom stereocenters. The number of alkyl halides is 3. The highest BCUT2D eigenvalue weighted by molar-refractivity contribution is 9.10. The van der Waals surface area contributed by atoms with Gasteiger partial charge in [-0.3, -0.25) is 9.48 Å². The Labute approximate surface area is 115 Å². The van der Waals surface area contributed by atoms with Crippen molar-refractivity contribution in [1.82, 2.24) is 15.1 Å². The van der Waals surface area contributed by atoms with Gasteiger partial charge in [-0.2, -0.15) is 30.9 Å². The Balaban J connectivity index is 2.88. The molecule has 1 aromatic rings. The summed E-state index contributed by atoms with van der Waals surface area (Å²) in [5.41, 5.74) is -0.773. The molecular formula is C9H11BrF3N3OS. The van der Waals surface area contributed by atoms with Gasteiger partial charge in [0.2, 0.25) is 5.91 Å².